The van der Waals surface area contributed by atoms with Gasteiger partial charge in [-0.05, 0) is 40.2 Å². The van der Waals surface area contributed by atoms with Crippen LogP contribution in [0.25, 0.3) is 0 Å². The molecule has 0 radical (unpaired) electrons. The number of carbonyl (C=O) groups excluding carboxylic acids is 1. The van der Waals surface area contributed by atoms with Crippen molar-refractivity contribution in [2.75, 3.05) is 13.1 Å². The topological polar surface area (TPSA) is 50.4 Å². The van der Waals surface area contributed by atoms with Crippen LogP contribution in [0.1, 0.15) is 33.6 Å². The summed E-state index contributed by atoms with van der Waals surface area (Å²) in [5.41, 5.74) is -0.659. The molecule has 1 aliphatic rings. The molecule has 0 bridgehead atoms. The van der Waals surface area contributed by atoms with Crippen LogP contribution in [0.3, 0.4) is 0 Å². The Morgan fingerprint density at radius 2 is 2.00 bits per heavy atom. The smallest absolute Gasteiger partial charge is 0.407 e. The fraction of sp³-hybridized carbons (Fsp3) is 0.917. The molecule has 0 saturated carbocycles. The van der Waals surface area contributed by atoms with Crippen LogP contribution >= 0.6 is 0 Å². The normalized spacial score (nSPS) is 24.9. The van der Waals surface area contributed by atoms with Crippen LogP contribution in [0.5, 0.6) is 0 Å². The van der Waals surface area contributed by atoms with Crippen LogP contribution in [0.15, 0.2) is 0 Å². The molecule has 0 aliphatic carbocycles. The number of piperidine rings is 1. The van der Waals surface area contributed by atoms with Gasteiger partial charge in [-0.25, -0.2) is 4.79 Å². The van der Waals surface area contributed by atoms with E-state index in [-0.39, 0.29) is 13.0 Å². The highest BCUT2D eigenvalue weighted by molar-refractivity contribution is 5.67. The number of hydrogen-bond donors (Lipinski definition) is 2. The Morgan fingerprint density at radius 3 is 2.53 bits per heavy atom. The number of nitrogens with one attached hydrogen (secondary N) is 2. The monoisotopic (exact) mass is 282 g/mol. The van der Waals surface area contributed by atoms with Gasteiger partial charge in [-0.15, -0.1) is 0 Å². The first-order chi connectivity index (χ1) is 8.59. The fourth-order valence-corrected chi connectivity index (χ4v) is 2.07. The number of ether oxygens (including phenoxy) is 1. The minimum absolute atomic E-state index is 0.0842. The van der Waals surface area contributed by atoms with Gasteiger partial charge < -0.3 is 15.4 Å². The van der Waals surface area contributed by atoms with E-state index < -0.39 is 29.8 Å². The summed E-state index contributed by atoms with van der Waals surface area (Å²) in [4.78, 5) is 11.4. The third kappa shape index (κ3) is 5.67. The van der Waals surface area contributed by atoms with E-state index >= 15 is 0 Å². The van der Waals surface area contributed by atoms with Crippen molar-refractivity contribution in [3.63, 3.8) is 0 Å². The van der Waals surface area contributed by atoms with E-state index in [4.69, 9.17) is 4.74 Å². The van der Waals surface area contributed by atoms with E-state index in [1.807, 2.05) is 0 Å². The van der Waals surface area contributed by atoms with Crippen molar-refractivity contribution in [1.82, 2.24) is 10.6 Å². The van der Waals surface area contributed by atoms with Gasteiger partial charge in [0.2, 0.25) is 0 Å². The van der Waals surface area contributed by atoms with Gasteiger partial charge in [0, 0.05) is 12.6 Å². The molecule has 2 atom stereocenters. The maximum absolute atomic E-state index is 12.8. The van der Waals surface area contributed by atoms with E-state index in [0.29, 0.717) is 13.0 Å². The molecule has 0 aromatic heterocycles. The van der Waals surface area contributed by atoms with Crippen molar-refractivity contribution < 1.29 is 22.7 Å². The van der Waals surface area contributed by atoms with Gasteiger partial charge >= 0.3 is 12.3 Å². The molecule has 1 fully saturated rings. The van der Waals surface area contributed by atoms with Gasteiger partial charge in [-0.3, -0.25) is 0 Å². The summed E-state index contributed by atoms with van der Waals surface area (Å²) in [5, 5.41) is 5.19. The first-order valence-electron chi connectivity index (χ1n) is 6.36. The molecule has 2 N–H and O–H groups in total. The van der Waals surface area contributed by atoms with Gasteiger partial charge in [0.15, 0.2) is 0 Å². The number of carbonyl (C=O) groups is 1. The lowest BCUT2D eigenvalue weighted by atomic mass is 9.90. The second-order valence-electron chi connectivity index (χ2n) is 5.73. The summed E-state index contributed by atoms with van der Waals surface area (Å²) in [7, 11) is 0. The molecule has 1 saturated heterocycles. The lowest BCUT2D eigenvalue weighted by molar-refractivity contribution is -0.187. The lowest BCUT2D eigenvalue weighted by Gasteiger charge is -2.34. The van der Waals surface area contributed by atoms with E-state index in [9.17, 15) is 18.0 Å². The standard InChI is InChI=1S/C12H21F3N2O2/c1-11(2,3)19-10(18)17-7-9-8(12(13,14)15)5-4-6-16-9/h8-9,16H,4-7H2,1-3H3,(H,17,18). The zero-order valence-corrected chi connectivity index (χ0v) is 11.4. The average Bonchev–Trinajstić information content (AvgIpc) is 2.23. The van der Waals surface area contributed by atoms with Gasteiger partial charge in [0.05, 0.1) is 5.92 Å². The molecule has 4 nitrogen and oxygen atoms in total. The number of amides is 1. The first kappa shape index (κ1) is 16.1. The van der Waals surface area contributed by atoms with Crippen LogP contribution in [0, 0.1) is 5.92 Å². The van der Waals surface area contributed by atoms with Crippen LogP contribution < -0.4 is 10.6 Å². The molecule has 1 amide bonds. The highest BCUT2D eigenvalue weighted by Crippen LogP contribution is 2.34. The maximum Gasteiger partial charge on any atom is 0.407 e. The van der Waals surface area contributed by atoms with E-state index in [2.05, 4.69) is 10.6 Å². The van der Waals surface area contributed by atoms with Crippen molar-refractivity contribution in [2.45, 2.75) is 51.4 Å². The van der Waals surface area contributed by atoms with Crippen LogP contribution in [-0.4, -0.2) is 37.0 Å². The Balaban J connectivity index is 2.48. The second kappa shape index (κ2) is 5.98. The molecular formula is C12H21F3N2O2. The predicted molar refractivity (Wildman–Crippen MR) is 64.8 cm³/mol. The molecule has 1 rings (SSSR count). The van der Waals surface area contributed by atoms with E-state index in [0.717, 1.165) is 0 Å². The quantitative estimate of drug-likeness (QED) is 0.818. The summed E-state index contributed by atoms with van der Waals surface area (Å²) in [5.74, 6) is -1.42. The summed E-state index contributed by atoms with van der Waals surface area (Å²) < 4.78 is 43.4. The predicted octanol–water partition coefficient (Wildman–Crippen LogP) is 2.44. The summed E-state index contributed by atoms with van der Waals surface area (Å²) in [6.45, 7) is 5.55. The minimum atomic E-state index is -4.24. The number of rotatable bonds is 2. The van der Waals surface area contributed by atoms with Crippen molar-refractivity contribution in [3.8, 4) is 0 Å². The Hall–Kier alpha value is -0.980. The average molecular weight is 282 g/mol. The van der Waals surface area contributed by atoms with Gasteiger partial charge in [0.25, 0.3) is 0 Å². The van der Waals surface area contributed by atoms with Crippen LogP contribution in [0.2, 0.25) is 0 Å². The van der Waals surface area contributed by atoms with Crippen molar-refractivity contribution in [2.24, 2.45) is 5.92 Å². The molecule has 0 aromatic carbocycles. The van der Waals surface area contributed by atoms with Crippen LogP contribution in [-0.2, 0) is 4.74 Å². The Bertz CT molecular complexity index is 313. The Labute approximate surface area is 111 Å². The summed E-state index contributed by atoms with van der Waals surface area (Å²) in [6, 6.07) is -0.790. The van der Waals surface area contributed by atoms with Crippen LogP contribution in [0.4, 0.5) is 18.0 Å². The zero-order chi connectivity index (χ0) is 14.7. The summed E-state index contributed by atoms with van der Waals surface area (Å²) in [6.07, 6.45) is -4.35. The largest absolute Gasteiger partial charge is 0.444 e. The number of alkyl carbamates (subject to hydrolysis) is 1. The van der Waals surface area contributed by atoms with E-state index in [1.165, 1.54) is 0 Å². The highest BCUT2D eigenvalue weighted by Gasteiger charge is 2.45. The van der Waals surface area contributed by atoms with E-state index in [1.54, 1.807) is 20.8 Å². The molecule has 1 aliphatic heterocycles. The highest BCUT2D eigenvalue weighted by atomic mass is 19.4. The third-order valence-corrected chi connectivity index (χ3v) is 2.87. The van der Waals surface area contributed by atoms with Crippen molar-refractivity contribution >= 4 is 6.09 Å². The molecule has 2 unspecified atom stereocenters. The molecule has 1 heterocycles. The van der Waals surface area contributed by atoms with Gasteiger partial charge in [-0.1, -0.05) is 0 Å². The minimum Gasteiger partial charge on any atom is -0.444 e. The zero-order valence-electron chi connectivity index (χ0n) is 11.4. The van der Waals surface area contributed by atoms with Crippen molar-refractivity contribution in [3.05, 3.63) is 0 Å². The van der Waals surface area contributed by atoms with Gasteiger partial charge in [0.1, 0.15) is 5.60 Å². The Kier molecular flexibility index (Phi) is 5.06. The number of hydrogen-bond acceptors (Lipinski definition) is 3. The molecule has 112 valence electrons. The SMILES string of the molecule is CC(C)(C)OC(=O)NCC1NCCCC1C(F)(F)F. The molecular weight excluding hydrogens is 261 g/mol. The Morgan fingerprint density at radius 1 is 1.37 bits per heavy atom. The maximum atomic E-state index is 12.8. The van der Waals surface area contributed by atoms with Crippen molar-refractivity contribution in [1.29, 1.82) is 0 Å². The molecule has 0 aromatic rings. The number of halogens is 3. The first-order valence-corrected chi connectivity index (χ1v) is 6.36. The molecule has 7 heteroatoms. The molecule has 0 spiro atoms. The molecule has 19 heavy (non-hydrogen) atoms. The fourth-order valence-electron chi connectivity index (χ4n) is 2.07. The third-order valence-electron chi connectivity index (χ3n) is 2.87. The lowest BCUT2D eigenvalue weighted by Crippen LogP contribution is -2.53. The second-order valence-corrected chi connectivity index (χ2v) is 5.73. The summed E-state index contributed by atoms with van der Waals surface area (Å²) >= 11 is 0. The number of alkyl halides is 3. The van der Waals surface area contributed by atoms with Gasteiger partial charge in [-0.2, -0.15) is 13.2 Å².